The lowest BCUT2D eigenvalue weighted by Gasteiger charge is -2.35. The minimum atomic E-state index is -0.679. The number of carbonyl (C=O) groups excluding carboxylic acids is 2. The van der Waals surface area contributed by atoms with Crippen LogP contribution in [0.15, 0.2) is 36.7 Å². The normalized spacial score (nSPS) is 18.4. The number of piperazine rings is 1. The first kappa shape index (κ1) is 26.2. The van der Waals surface area contributed by atoms with E-state index in [4.69, 9.17) is 14.6 Å². The van der Waals surface area contributed by atoms with Crippen molar-refractivity contribution in [3.05, 3.63) is 42.2 Å². The molecule has 0 radical (unpaired) electrons. The molecule has 1 saturated heterocycles. The zero-order valence-electron chi connectivity index (χ0n) is 22.7. The molecule has 0 unspecified atom stereocenters. The van der Waals surface area contributed by atoms with E-state index in [1.165, 1.54) is 6.42 Å². The van der Waals surface area contributed by atoms with E-state index in [0.29, 0.717) is 42.9 Å². The predicted molar refractivity (Wildman–Crippen MR) is 146 cm³/mol. The summed E-state index contributed by atoms with van der Waals surface area (Å²) in [6.07, 6.45) is 8.07. The molecular weight excluding hydrogens is 482 g/mol. The second-order valence-electron chi connectivity index (χ2n) is 11.6. The van der Waals surface area contributed by atoms with Crippen molar-refractivity contribution in [3.63, 3.8) is 0 Å². The molecule has 2 fully saturated rings. The van der Waals surface area contributed by atoms with E-state index in [-0.39, 0.29) is 11.2 Å². The highest BCUT2D eigenvalue weighted by atomic mass is 16.8. The summed E-state index contributed by atoms with van der Waals surface area (Å²) in [5.74, 6) is 0.162. The van der Waals surface area contributed by atoms with E-state index in [9.17, 15) is 9.59 Å². The van der Waals surface area contributed by atoms with Crippen LogP contribution in [0.1, 0.15) is 70.2 Å². The average Bonchev–Trinajstić information content (AvgIpc) is 3.31. The highest BCUT2D eigenvalue weighted by Gasteiger charge is 2.36. The van der Waals surface area contributed by atoms with Crippen LogP contribution in [0.2, 0.25) is 0 Å². The first-order chi connectivity index (χ1) is 18.1. The zero-order valence-corrected chi connectivity index (χ0v) is 22.7. The maximum atomic E-state index is 13.5. The molecule has 3 aromatic rings. The summed E-state index contributed by atoms with van der Waals surface area (Å²) in [7, 11) is 0. The molecule has 9 heteroatoms. The van der Waals surface area contributed by atoms with E-state index in [0.717, 1.165) is 42.6 Å². The second kappa shape index (κ2) is 10.4. The van der Waals surface area contributed by atoms with Gasteiger partial charge in [-0.2, -0.15) is 0 Å². The van der Waals surface area contributed by atoms with Crippen LogP contribution in [-0.4, -0.2) is 63.7 Å². The number of H-pyrrole nitrogens is 1. The Hall–Kier alpha value is -3.46. The number of nitrogens with zero attached hydrogens (tertiary/aromatic N) is 4. The van der Waals surface area contributed by atoms with Crippen molar-refractivity contribution in [2.45, 2.75) is 65.4 Å². The Kier molecular flexibility index (Phi) is 7.13. The molecule has 9 nitrogen and oxygen atoms in total. The van der Waals surface area contributed by atoms with E-state index >= 15 is 0 Å². The predicted octanol–water partition coefficient (Wildman–Crippen LogP) is 5.77. The Morgan fingerprint density at radius 3 is 2.50 bits per heavy atom. The fourth-order valence-electron chi connectivity index (χ4n) is 5.36. The van der Waals surface area contributed by atoms with Crippen molar-refractivity contribution >= 4 is 28.8 Å². The van der Waals surface area contributed by atoms with Crippen molar-refractivity contribution in [3.8, 4) is 11.3 Å². The number of hydrogen-bond acceptors (Lipinski definition) is 8. The minimum absolute atomic E-state index is 0.162. The summed E-state index contributed by atoms with van der Waals surface area (Å²) in [6.45, 7) is 10.1. The molecule has 1 aliphatic heterocycles. The third kappa shape index (κ3) is 5.67. The highest BCUT2D eigenvalue weighted by Crippen LogP contribution is 2.39. The number of anilines is 1. The van der Waals surface area contributed by atoms with Gasteiger partial charge in [0.2, 0.25) is 0 Å². The van der Waals surface area contributed by atoms with Gasteiger partial charge in [0.05, 0.1) is 30.5 Å². The maximum Gasteiger partial charge on any atom is 0.528 e. The summed E-state index contributed by atoms with van der Waals surface area (Å²) in [4.78, 5) is 45.8. The number of hydroxylamine groups is 2. The molecule has 1 aromatic carbocycles. The Labute approximate surface area is 223 Å². The van der Waals surface area contributed by atoms with Crippen LogP contribution in [0.4, 0.5) is 10.5 Å². The molecule has 0 spiro atoms. The van der Waals surface area contributed by atoms with Gasteiger partial charge < -0.3 is 19.5 Å². The van der Waals surface area contributed by atoms with Crippen LogP contribution in [0.5, 0.6) is 0 Å². The summed E-state index contributed by atoms with van der Waals surface area (Å²) in [5, 5.41) is 1.64. The molecule has 38 heavy (non-hydrogen) atoms. The number of rotatable bonds is 5. The number of fused-ring (bicyclic) bond motifs is 1. The van der Waals surface area contributed by atoms with Crippen molar-refractivity contribution in [1.82, 2.24) is 20.0 Å². The zero-order chi connectivity index (χ0) is 26.9. The smallest absolute Gasteiger partial charge is 0.427 e. The largest absolute Gasteiger partial charge is 0.528 e. The number of benzene rings is 1. The lowest BCUT2D eigenvalue weighted by atomic mass is 9.71. The van der Waals surface area contributed by atoms with Crippen molar-refractivity contribution in [1.29, 1.82) is 0 Å². The number of carbonyl (C=O) groups is 2. The standard InChI is InChI=1S/C29H37N5O4/c1-28(2,3)37-27(36)38-34-15-13-33(14-16-34)21-10-8-9-20(17-21)23-19-31-26-24(32-23)22(18-30-26)25(35)29(4)11-6-5-7-12-29/h8-10,17-19H,5-7,11-16H2,1-4H3,(H,30,31). The summed E-state index contributed by atoms with van der Waals surface area (Å²) >= 11 is 0. The quantitative estimate of drug-likeness (QED) is 0.335. The Balaban J connectivity index is 1.30. The van der Waals surface area contributed by atoms with Gasteiger partial charge in [-0.1, -0.05) is 38.3 Å². The van der Waals surface area contributed by atoms with Gasteiger partial charge in [0.1, 0.15) is 11.1 Å². The fourth-order valence-corrected chi connectivity index (χ4v) is 5.36. The SMILES string of the molecule is CC(C)(C)OC(=O)ON1CCN(c2cccc(-c3cnc4[nH]cc(C(=O)C5(C)CCCCC5)c4n3)c2)CC1. The second-order valence-corrected chi connectivity index (χ2v) is 11.6. The van der Waals surface area contributed by atoms with Crippen LogP contribution in [0.3, 0.4) is 0 Å². The molecule has 1 saturated carbocycles. The van der Waals surface area contributed by atoms with Crippen molar-refractivity contribution < 1.29 is 19.2 Å². The lowest BCUT2D eigenvalue weighted by Crippen LogP contribution is -2.47. The summed E-state index contributed by atoms with van der Waals surface area (Å²) in [6, 6.07) is 8.18. The van der Waals surface area contributed by atoms with E-state index in [2.05, 4.69) is 33.9 Å². The third-order valence-electron chi connectivity index (χ3n) is 7.47. The average molecular weight is 520 g/mol. The molecule has 202 valence electrons. The van der Waals surface area contributed by atoms with Crippen LogP contribution < -0.4 is 4.90 Å². The topological polar surface area (TPSA) is 101 Å². The van der Waals surface area contributed by atoms with Gasteiger partial charge in [0, 0.05) is 36.0 Å². The van der Waals surface area contributed by atoms with Gasteiger partial charge in [0.15, 0.2) is 11.4 Å². The molecule has 1 aliphatic carbocycles. The Morgan fingerprint density at radius 1 is 1.05 bits per heavy atom. The van der Waals surface area contributed by atoms with E-state index in [1.54, 1.807) is 17.5 Å². The van der Waals surface area contributed by atoms with Gasteiger partial charge in [-0.15, -0.1) is 5.06 Å². The third-order valence-corrected chi connectivity index (χ3v) is 7.47. The molecule has 0 bridgehead atoms. The van der Waals surface area contributed by atoms with Crippen LogP contribution in [0, 0.1) is 5.41 Å². The van der Waals surface area contributed by atoms with Gasteiger partial charge in [-0.05, 0) is 45.7 Å². The molecule has 2 aliphatic rings. The van der Waals surface area contributed by atoms with Crippen LogP contribution in [-0.2, 0) is 9.57 Å². The number of ether oxygens (including phenoxy) is 1. The molecule has 1 N–H and O–H groups in total. The number of nitrogens with one attached hydrogen (secondary N) is 1. The number of ketones is 1. The van der Waals surface area contributed by atoms with Gasteiger partial charge >= 0.3 is 6.16 Å². The Morgan fingerprint density at radius 2 is 1.79 bits per heavy atom. The van der Waals surface area contributed by atoms with Crippen molar-refractivity contribution in [2.75, 3.05) is 31.1 Å². The van der Waals surface area contributed by atoms with Gasteiger partial charge in [-0.3, -0.25) is 4.79 Å². The molecule has 0 amide bonds. The van der Waals surface area contributed by atoms with Crippen LogP contribution in [0.25, 0.3) is 22.4 Å². The molecule has 2 aromatic heterocycles. The number of Topliss-reactive ketones (excluding diaryl/α,β-unsaturated/α-hetero) is 1. The van der Waals surface area contributed by atoms with E-state index < -0.39 is 11.8 Å². The monoisotopic (exact) mass is 519 g/mol. The van der Waals surface area contributed by atoms with Crippen LogP contribution >= 0.6 is 0 Å². The molecule has 3 heterocycles. The molecular formula is C29H37N5O4. The number of aromatic nitrogens is 3. The lowest BCUT2D eigenvalue weighted by molar-refractivity contribution is -0.144. The maximum absolute atomic E-state index is 13.5. The Bertz CT molecular complexity index is 1310. The summed E-state index contributed by atoms with van der Waals surface area (Å²) < 4.78 is 5.25. The number of hydrogen-bond donors (Lipinski definition) is 1. The number of aromatic amines is 1. The summed E-state index contributed by atoms with van der Waals surface area (Å²) in [5.41, 5.74) is 3.71. The molecule has 0 atom stereocenters. The van der Waals surface area contributed by atoms with E-state index in [1.807, 2.05) is 32.9 Å². The minimum Gasteiger partial charge on any atom is -0.427 e. The van der Waals surface area contributed by atoms with Gasteiger partial charge in [0.25, 0.3) is 0 Å². The first-order valence-electron chi connectivity index (χ1n) is 13.5. The molecule has 5 rings (SSSR count). The highest BCUT2D eigenvalue weighted by molar-refractivity contribution is 6.08. The first-order valence-corrected chi connectivity index (χ1v) is 13.5. The van der Waals surface area contributed by atoms with Gasteiger partial charge in [-0.25, -0.2) is 14.8 Å². The fraction of sp³-hybridized carbons (Fsp3) is 0.517. The van der Waals surface area contributed by atoms with Crippen molar-refractivity contribution in [2.24, 2.45) is 5.41 Å².